The number of rotatable bonds is 5. The second-order valence-electron chi connectivity index (χ2n) is 4.82. The van der Waals surface area contributed by atoms with Gasteiger partial charge in [0.05, 0.1) is 6.61 Å². The van der Waals surface area contributed by atoms with E-state index in [1.165, 1.54) is 32.4 Å². The molecule has 90 valence electrons. The average molecular weight is 214 g/mol. The van der Waals surface area contributed by atoms with Gasteiger partial charge in [0.2, 0.25) is 0 Å². The minimum Gasteiger partial charge on any atom is -0.383 e. The van der Waals surface area contributed by atoms with Crippen LogP contribution in [-0.2, 0) is 4.74 Å². The quantitative estimate of drug-likeness (QED) is 0.755. The Labute approximate surface area is 94.0 Å². The first-order valence-electron chi connectivity index (χ1n) is 6.14. The minimum absolute atomic E-state index is 0.108. The van der Waals surface area contributed by atoms with Gasteiger partial charge < -0.3 is 10.5 Å². The fourth-order valence-electron chi connectivity index (χ4n) is 2.48. The number of nitrogens with two attached hydrogens (primary N) is 1. The van der Waals surface area contributed by atoms with Crippen molar-refractivity contribution < 1.29 is 4.74 Å². The van der Waals surface area contributed by atoms with Gasteiger partial charge in [-0.1, -0.05) is 13.3 Å². The molecule has 3 heteroatoms. The molecule has 1 aliphatic heterocycles. The fraction of sp³-hybridized carbons (Fsp3) is 1.00. The molecule has 1 aliphatic rings. The zero-order valence-corrected chi connectivity index (χ0v) is 10.5. The van der Waals surface area contributed by atoms with Gasteiger partial charge in [-0.05, 0) is 39.3 Å². The Hall–Kier alpha value is -0.120. The lowest BCUT2D eigenvalue weighted by Gasteiger charge is -2.46. The molecule has 1 fully saturated rings. The maximum atomic E-state index is 6.24. The third-order valence-corrected chi connectivity index (χ3v) is 3.94. The van der Waals surface area contributed by atoms with Crippen LogP contribution >= 0.6 is 0 Å². The molecule has 0 bridgehead atoms. The lowest BCUT2D eigenvalue weighted by atomic mass is 9.86. The zero-order valence-electron chi connectivity index (χ0n) is 10.5. The topological polar surface area (TPSA) is 38.5 Å². The van der Waals surface area contributed by atoms with Crippen molar-refractivity contribution in [2.45, 2.75) is 51.1 Å². The molecule has 1 heterocycles. The summed E-state index contributed by atoms with van der Waals surface area (Å²) in [4.78, 5) is 2.56. The summed E-state index contributed by atoms with van der Waals surface area (Å²) in [5, 5.41) is 0. The van der Waals surface area contributed by atoms with Gasteiger partial charge in [-0.3, -0.25) is 4.90 Å². The molecule has 1 saturated heterocycles. The van der Waals surface area contributed by atoms with Crippen LogP contribution in [0.1, 0.15) is 39.5 Å². The third-order valence-electron chi connectivity index (χ3n) is 3.94. The molecule has 2 unspecified atom stereocenters. The van der Waals surface area contributed by atoms with Crippen LogP contribution in [0.25, 0.3) is 0 Å². The van der Waals surface area contributed by atoms with Crippen LogP contribution < -0.4 is 5.73 Å². The summed E-state index contributed by atoms with van der Waals surface area (Å²) in [7, 11) is 1.73. The average Bonchev–Trinajstić information content (AvgIpc) is 2.29. The van der Waals surface area contributed by atoms with Crippen molar-refractivity contribution in [3.63, 3.8) is 0 Å². The van der Waals surface area contributed by atoms with Gasteiger partial charge in [-0.15, -0.1) is 0 Å². The normalized spacial score (nSPS) is 24.8. The molecule has 0 saturated carbocycles. The Balaban J connectivity index is 2.63. The van der Waals surface area contributed by atoms with Gasteiger partial charge in [-0.25, -0.2) is 0 Å². The van der Waals surface area contributed by atoms with Crippen LogP contribution in [0.3, 0.4) is 0 Å². The van der Waals surface area contributed by atoms with Crippen LogP contribution in [0, 0.1) is 0 Å². The van der Waals surface area contributed by atoms with Crippen molar-refractivity contribution in [3.05, 3.63) is 0 Å². The van der Waals surface area contributed by atoms with E-state index >= 15 is 0 Å². The first kappa shape index (κ1) is 12.9. The molecule has 2 N–H and O–H groups in total. The minimum atomic E-state index is 0.108. The van der Waals surface area contributed by atoms with E-state index in [-0.39, 0.29) is 11.6 Å². The second kappa shape index (κ2) is 5.83. The molecular weight excluding hydrogens is 188 g/mol. The molecule has 0 spiro atoms. The van der Waals surface area contributed by atoms with Crippen LogP contribution in [0.2, 0.25) is 0 Å². The van der Waals surface area contributed by atoms with Crippen LogP contribution in [0.15, 0.2) is 0 Å². The van der Waals surface area contributed by atoms with E-state index in [0.717, 1.165) is 6.42 Å². The Morgan fingerprint density at radius 3 is 2.40 bits per heavy atom. The number of ether oxygens (including phenoxy) is 1. The van der Waals surface area contributed by atoms with Crippen molar-refractivity contribution in [1.29, 1.82) is 0 Å². The smallest absolute Gasteiger partial charge is 0.0631 e. The van der Waals surface area contributed by atoms with Crippen LogP contribution in [0.4, 0.5) is 0 Å². The Morgan fingerprint density at radius 1 is 1.33 bits per heavy atom. The van der Waals surface area contributed by atoms with E-state index in [9.17, 15) is 0 Å². The number of hydrogen-bond donors (Lipinski definition) is 1. The van der Waals surface area contributed by atoms with Gasteiger partial charge in [-0.2, -0.15) is 0 Å². The van der Waals surface area contributed by atoms with Gasteiger partial charge >= 0.3 is 0 Å². The van der Waals surface area contributed by atoms with Crippen LogP contribution in [0.5, 0.6) is 0 Å². The molecule has 0 aliphatic carbocycles. The van der Waals surface area contributed by atoms with E-state index in [0.29, 0.717) is 6.61 Å². The summed E-state index contributed by atoms with van der Waals surface area (Å²) in [5.41, 5.74) is 6.34. The second-order valence-corrected chi connectivity index (χ2v) is 4.82. The van der Waals surface area contributed by atoms with Crippen molar-refractivity contribution in [3.8, 4) is 0 Å². The van der Waals surface area contributed by atoms with E-state index in [1.54, 1.807) is 7.11 Å². The number of nitrogens with zero attached hydrogens (tertiary/aromatic N) is 1. The lowest BCUT2D eigenvalue weighted by molar-refractivity contribution is 0.0267. The standard InChI is InChI=1S/C12H26N2O/c1-4-12(2,11(13)10-15-3)14-8-6-5-7-9-14/h11H,4-10,13H2,1-3H3. The van der Waals surface area contributed by atoms with Crippen molar-refractivity contribution in [2.75, 3.05) is 26.8 Å². The van der Waals surface area contributed by atoms with Gasteiger partial charge in [0.25, 0.3) is 0 Å². The summed E-state index contributed by atoms with van der Waals surface area (Å²) in [6.07, 6.45) is 5.10. The van der Waals surface area contributed by atoms with Crippen molar-refractivity contribution in [2.24, 2.45) is 5.73 Å². The number of hydrogen-bond acceptors (Lipinski definition) is 3. The van der Waals surface area contributed by atoms with E-state index in [1.807, 2.05) is 0 Å². The monoisotopic (exact) mass is 214 g/mol. The number of methoxy groups -OCH3 is 1. The largest absolute Gasteiger partial charge is 0.383 e. The Bertz CT molecular complexity index is 180. The summed E-state index contributed by atoms with van der Waals surface area (Å²) >= 11 is 0. The zero-order chi connectivity index (χ0) is 11.3. The molecule has 0 radical (unpaired) electrons. The molecule has 3 nitrogen and oxygen atoms in total. The van der Waals surface area contributed by atoms with Gasteiger partial charge in [0.1, 0.15) is 0 Å². The Kier molecular flexibility index (Phi) is 5.03. The lowest BCUT2D eigenvalue weighted by Crippen LogP contribution is -2.60. The third kappa shape index (κ3) is 2.92. The molecule has 2 atom stereocenters. The van der Waals surface area contributed by atoms with E-state index in [4.69, 9.17) is 10.5 Å². The number of piperidine rings is 1. The highest BCUT2D eigenvalue weighted by Gasteiger charge is 2.36. The predicted molar refractivity (Wildman–Crippen MR) is 64.0 cm³/mol. The molecule has 0 aromatic rings. The molecule has 15 heavy (non-hydrogen) atoms. The van der Waals surface area contributed by atoms with Crippen molar-refractivity contribution in [1.82, 2.24) is 4.90 Å². The highest BCUT2D eigenvalue weighted by atomic mass is 16.5. The summed E-state index contributed by atoms with van der Waals surface area (Å²) in [5.74, 6) is 0. The molecular formula is C12H26N2O. The maximum Gasteiger partial charge on any atom is 0.0631 e. The van der Waals surface area contributed by atoms with Crippen molar-refractivity contribution >= 4 is 0 Å². The molecule has 0 aromatic carbocycles. The first-order valence-corrected chi connectivity index (χ1v) is 6.14. The van der Waals surface area contributed by atoms with E-state index in [2.05, 4.69) is 18.7 Å². The van der Waals surface area contributed by atoms with E-state index < -0.39 is 0 Å². The Morgan fingerprint density at radius 2 is 1.93 bits per heavy atom. The SMILES string of the molecule is CCC(C)(C(N)COC)N1CCCCC1. The highest BCUT2D eigenvalue weighted by Crippen LogP contribution is 2.26. The summed E-state index contributed by atoms with van der Waals surface area (Å²) < 4.78 is 5.19. The number of likely N-dealkylation sites (tertiary alicyclic amines) is 1. The van der Waals surface area contributed by atoms with Crippen LogP contribution in [-0.4, -0.2) is 43.3 Å². The highest BCUT2D eigenvalue weighted by molar-refractivity contribution is 4.95. The van der Waals surface area contributed by atoms with Gasteiger partial charge in [0.15, 0.2) is 0 Å². The first-order chi connectivity index (χ1) is 7.15. The fourth-order valence-corrected chi connectivity index (χ4v) is 2.48. The molecule has 0 amide bonds. The van der Waals surface area contributed by atoms with Gasteiger partial charge in [0, 0.05) is 18.7 Å². The molecule has 0 aromatic heterocycles. The summed E-state index contributed by atoms with van der Waals surface area (Å²) in [6.45, 7) is 7.55. The summed E-state index contributed by atoms with van der Waals surface area (Å²) in [6, 6.07) is 0.116. The molecule has 1 rings (SSSR count). The maximum absolute atomic E-state index is 6.24. The predicted octanol–water partition coefficient (Wildman–Crippen LogP) is 1.61.